The van der Waals surface area contributed by atoms with Crippen LogP contribution in [0.3, 0.4) is 0 Å². The largest absolute Gasteiger partial charge is 0.394 e. The number of aromatic nitrogens is 2. The Balaban J connectivity index is 2.12. The molecule has 0 saturated carbocycles. The highest BCUT2D eigenvalue weighted by atomic mass is 16.1. The van der Waals surface area contributed by atoms with Crippen molar-refractivity contribution in [2.45, 2.75) is 12.8 Å². The lowest BCUT2D eigenvalue weighted by atomic mass is 9.97. The fraction of sp³-hybridized carbons (Fsp3) is 0.545. The van der Waals surface area contributed by atoms with Gasteiger partial charge in [-0.2, -0.15) is 0 Å². The molecule has 1 atom stereocenters. The number of hydrogen-bond donors (Lipinski definition) is 2. The number of nitrogens with zero attached hydrogens (tertiary/aromatic N) is 3. The number of nitrogens with two attached hydrogens (primary N) is 1. The van der Waals surface area contributed by atoms with Crippen LogP contribution in [0, 0.1) is 5.92 Å². The number of nitrogens with one attached hydrogen (secondary N) is 1. The molecule has 1 aliphatic heterocycles. The molecular formula is C11H17N5O. The summed E-state index contributed by atoms with van der Waals surface area (Å²) in [5, 5.41) is 2.69. The van der Waals surface area contributed by atoms with Gasteiger partial charge in [-0.15, -0.1) is 0 Å². The number of anilines is 2. The zero-order valence-electron chi connectivity index (χ0n) is 9.89. The van der Waals surface area contributed by atoms with Crippen molar-refractivity contribution in [3.8, 4) is 0 Å². The third-order valence-corrected chi connectivity index (χ3v) is 3.06. The molecule has 1 aliphatic rings. The second-order valence-electron chi connectivity index (χ2n) is 4.20. The Morgan fingerprint density at radius 1 is 1.65 bits per heavy atom. The van der Waals surface area contributed by atoms with E-state index in [0.29, 0.717) is 12.2 Å². The molecule has 6 nitrogen and oxygen atoms in total. The summed E-state index contributed by atoms with van der Waals surface area (Å²) in [7, 11) is 1.67. The standard InChI is InChI=1S/C11H17N5O/c1-13-11(17)8-3-2-4-16(6-8)10-9(12)5-14-7-15-10/h5,7-8H,2-4,6,12H2,1H3,(H,13,17). The molecule has 0 aromatic carbocycles. The van der Waals surface area contributed by atoms with Gasteiger partial charge in [-0.05, 0) is 12.8 Å². The summed E-state index contributed by atoms with van der Waals surface area (Å²) in [5.41, 5.74) is 6.40. The molecule has 3 N–H and O–H groups in total. The molecule has 0 spiro atoms. The Morgan fingerprint density at radius 2 is 2.47 bits per heavy atom. The van der Waals surface area contributed by atoms with Crippen LogP contribution in [0.4, 0.5) is 11.5 Å². The maximum Gasteiger partial charge on any atom is 0.224 e. The van der Waals surface area contributed by atoms with Crippen molar-refractivity contribution in [2.75, 3.05) is 30.8 Å². The maximum absolute atomic E-state index is 11.6. The summed E-state index contributed by atoms with van der Waals surface area (Å²) < 4.78 is 0. The Hall–Kier alpha value is -1.85. The van der Waals surface area contributed by atoms with E-state index in [-0.39, 0.29) is 11.8 Å². The number of rotatable bonds is 2. The van der Waals surface area contributed by atoms with Gasteiger partial charge in [0, 0.05) is 20.1 Å². The highest BCUT2D eigenvalue weighted by Crippen LogP contribution is 2.25. The van der Waals surface area contributed by atoms with Gasteiger partial charge in [0.15, 0.2) is 5.82 Å². The smallest absolute Gasteiger partial charge is 0.224 e. The van der Waals surface area contributed by atoms with E-state index in [4.69, 9.17) is 5.73 Å². The Labute approximate surface area is 100 Å². The second kappa shape index (κ2) is 4.99. The first-order valence-corrected chi connectivity index (χ1v) is 5.74. The van der Waals surface area contributed by atoms with Gasteiger partial charge in [-0.1, -0.05) is 0 Å². The summed E-state index contributed by atoms with van der Waals surface area (Å²) in [6.45, 7) is 1.55. The van der Waals surface area contributed by atoms with Gasteiger partial charge in [0.1, 0.15) is 6.33 Å². The summed E-state index contributed by atoms with van der Waals surface area (Å²) in [6.07, 6.45) is 4.96. The predicted octanol–water partition coefficient (Wildman–Crippen LogP) is 0.0212. The molecule has 92 valence electrons. The molecule has 0 bridgehead atoms. The van der Waals surface area contributed by atoms with E-state index < -0.39 is 0 Å². The van der Waals surface area contributed by atoms with Crippen molar-refractivity contribution in [3.63, 3.8) is 0 Å². The minimum Gasteiger partial charge on any atom is -0.394 e. The van der Waals surface area contributed by atoms with Crippen LogP contribution in [0.25, 0.3) is 0 Å². The first kappa shape index (κ1) is 11.6. The Bertz CT molecular complexity index is 409. The average Bonchev–Trinajstić information content (AvgIpc) is 2.38. The normalized spacial score (nSPS) is 20.1. The van der Waals surface area contributed by atoms with Crippen molar-refractivity contribution >= 4 is 17.4 Å². The molecule has 1 fully saturated rings. The molecule has 2 rings (SSSR count). The van der Waals surface area contributed by atoms with Crippen molar-refractivity contribution in [1.29, 1.82) is 0 Å². The average molecular weight is 235 g/mol. The molecule has 1 amide bonds. The molecule has 1 aromatic rings. The molecule has 2 heterocycles. The van der Waals surface area contributed by atoms with Crippen LogP contribution >= 0.6 is 0 Å². The van der Waals surface area contributed by atoms with E-state index in [9.17, 15) is 4.79 Å². The van der Waals surface area contributed by atoms with Gasteiger partial charge < -0.3 is 16.0 Å². The minimum atomic E-state index is 0.0168. The highest BCUT2D eigenvalue weighted by molar-refractivity contribution is 5.79. The number of hydrogen-bond acceptors (Lipinski definition) is 5. The molecule has 6 heteroatoms. The Kier molecular flexibility index (Phi) is 3.41. The van der Waals surface area contributed by atoms with Crippen LogP contribution < -0.4 is 16.0 Å². The molecule has 1 unspecified atom stereocenters. The number of piperidine rings is 1. The van der Waals surface area contributed by atoms with E-state index in [2.05, 4.69) is 20.2 Å². The molecule has 1 saturated heterocycles. The fourth-order valence-electron chi connectivity index (χ4n) is 2.19. The first-order valence-electron chi connectivity index (χ1n) is 5.74. The van der Waals surface area contributed by atoms with Gasteiger partial charge in [-0.3, -0.25) is 4.79 Å². The molecular weight excluding hydrogens is 218 g/mol. The van der Waals surface area contributed by atoms with E-state index >= 15 is 0 Å². The van der Waals surface area contributed by atoms with Crippen LogP contribution in [-0.4, -0.2) is 36.0 Å². The molecule has 1 aromatic heterocycles. The highest BCUT2D eigenvalue weighted by Gasteiger charge is 2.26. The van der Waals surface area contributed by atoms with E-state index in [1.165, 1.54) is 6.33 Å². The zero-order chi connectivity index (χ0) is 12.3. The van der Waals surface area contributed by atoms with Crippen LogP contribution in [0.5, 0.6) is 0 Å². The van der Waals surface area contributed by atoms with Gasteiger partial charge in [0.05, 0.1) is 17.8 Å². The summed E-state index contributed by atoms with van der Waals surface area (Å²) >= 11 is 0. The van der Waals surface area contributed by atoms with Crippen molar-refractivity contribution in [3.05, 3.63) is 12.5 Å². The van der Waals surface area contributed by atoms with Crippen molar-refractivity contribution in [2.24, 2.45) is 5.92 Å². The monoisotopic (exact) mass is 235 g/mol. The third kappa shape index (κ3) is 2.46. The number of amides is 1. The van der Waals surface area contributed by atoms with Crippen LogP contribution in [0.2, 0.25) is 0 Å². The van der Waals surface area contributed by atoms with Crippen LogP contribution in [-0.2, 0) is 4.79 Å². The van der Waals surface area contributed by atoms with Gasteiger partial charge >= 0.3 is 0 Å². The second-order valence-corrected chi connectivity index (χ2v) is 4.20. The SMILES string of the molecule is CNC(=O)C1CCCN(c2ncncc2N)C1. The minimum absolute atomic E-state index is 0.0168. The third-order valence-electron chi connectivity index (χ3n) is 3.06. The number of nitrogen functional groups attached to an aromatic ring is 1. The van der Waals surface area contributed by atoms with E-state index in [0.717, 1.165) is 25.2 Å². The van der Waals surface area contributed by atoms with Crippen LogP contribution in [0.1, 0.15) is 12.8 Å². The van der Waals surface area contributed by atoms with Gasteiger partial charge in [0.25, 0.3) is 0 Å². The lowest BCUT2D eigenvalue weighted by molar-refractivity contribution is -0.124. The van der Waals surface area contributed by atoms with Gasteiger partial charge in [0.2, 0.25) is 5.91 Å². The van der Waals surface area contributed by atoms with Gasteiger partial charge in [-0.25, -0.2) is 9.97 Å². The molecule has 0 radical (unpaired) electrons. The summed E-state index contributed by atoms with van der Waals surface area (Å²) in [5.74, 6) is 0.832. The number of carbonyl (C=O) groups is 1. The molecule has 0 aliphatic carbocycles. The quantitative estimate of drug-likeness (QED) is 0.755. The van der Waals surface area contributed by atoms with Crippen molar-refractivity contribution < 1.29 is 4.79 Å². The topological polar surface area (TPSA) is 84.1 Å². The first-order chi connectivity index (χ1) is 8.22. The number of carbonyl (C=O) groups excluding carboxylic acids is 1. The summed E-state index contributed by atoms with van der Waals surface area (Å²) in [6, 6.07) is 0. The van der Waals surface area contributed by atoms with E-state index in [1.54, 1.807) is 13.2 Å². The maximum atomic E-state index is 11.6. The lowest BCUT2D eigenvalue weighted by Gasteiger charge is -2.33. The predicted molar refractivity (Wildman–Crippen MR) is 65.4 cm³/mol. The van der Waals surface area contributed by atoms with Crippen molar-refractivity contribution in [1.82, 2.24) is 15.3 Å². The van der Waals surface area contributed by atoms with Crippen LogP contribution in [0.15, 0.2) is 12.5 Å². The lowest BCUT2D eigenvalue weighted by Crippen LogP contribution is -2.42. The molecule has 17 heavy (non-hydrogen) atoms. The Morgan fingerprint density at radius 3 is 3.18 bits per heavy atom. The zero-order valence-corrected chi connectivity index (χ0v) is 9.89. The fourth-order valence-corrected chi connectivity index (χ4v) is 2.19. The van der Waals surface area contributed by atoms with E-state index in [1.807, 2.05) is 0 Å². The summed E-state index contributed by atoms with van der Waals surface area (Å²) in [4.78, 5) is 21.7.